The molecule has 1 aliphatic rings. The van der Waals surface area contributed by atoms with E-state index >= 15 is 0 Å². The lowest BCUT2D eigenvalue weighted by molar-refractivity contribution is -0.384. The van der Waals surface area contributed by atoms with Crippen LogP contribution in [0.1, 0.15) is 26.2 Å². The second kappa shape index (κ2) is 6.76. The summed E-state index contributed by atoms with van der Waals surface area (Å²) in [6.07, 6.45) is 3.30. The van der Waals surface area contributed by atoms with E-state index in [9.17, 15) is 10.1 Å². The second-order valence-corrected chi connectivity index (χ2v) is 6.31. The van der Waals surface area contributed by atoms with Crippen LogP contribution in [-0.4, -0.2) is 27.0 Å². The number of nitro groups is 1. The molecule has 0 spiro atoms. The molecule has 0 aromatic carbocycles. The van der Waals surface area contributed by atoms with Crippen molar-refractivity contribution in [3.63, 3.8) is 0 Å². The van der Waals surface area contributed by atoms with E-state index < -0.39 is 4.92 Å². The van der Waals surface area contributed by atoms with Crippen LogP contribution in [0.25, 0.3) is 0 Å². The highest BCUT2D eigenvalue weighted by Crippen LogP contribution is 2.32. The first-order valence-corrected chi connectivity index (χ1v) is 7.68. The molecule has 1 saturated carbocycles. The van der Waals surface area contributed by atoms with E-state index in [0.29, 0.717) is 22.9 Å². The molecule has 0 bridgehead atoms. The number of thioether (sulfide) groups is 1. The van der Waals surface area contributed by atoms with Crippen molar-refractivity contribution in [1.29, 1.82) is 0 Å². The molecule has 7 nitrogen and oxygen atoms in total. The Balaban J connectivity index is 2.05. The first-order chi connectivity index (χ1) is 9.62. The van der Waals surface area contributed by atoms with Gasteiger partial charge in [-0.3, -0.25) is 10.1 Å². The van der Waals surface area contributed by atoms with Gasteiger partial charge in [-0.25, -0.2) is 10.8 Å². The Hall–Kier alpha value is -1.54. The van der Waals surface area contributed by atoms with Crippen LogP contribution in [-0.2, 0) is 0 Å². The van der Waals surface area contributed by atoms with Crippen molar-refractivity contribution in [2.24, 2.45) is 5.84 Å². The zero-order valence-electron chi connectivity index (χ0n) is 11.3. The molecule has 8 heteroatoms. The highest BCUT2D eigenvalue weighted by Gasteiger charge is 2.25. The monoisotopic (exact) mass is 297 g/mol. The Morgan fingerprint density at radius 3 is 2.90 bits per heavy atom. The fourth-order valence-electron chi connectivity index (χ4n) is 2.44. The quantitative estimate of drug-likeness (QED) is 0.420. The molecule has 1 fully saturated rings. The maximum Gasteiger partial charge on any atom is 0.276 e. The summed E-state index contributed by atoms with van der Waals surface area (Å²) < 4.78 is 0. The van der Waals surface area contributed by atoms with Gasteiger partial charge in [0.05, 0.1) is 17.1 Å². The molecule has 2 rings (SSSR count). The minimum absolute atomic E-state index is 0.0204. The maximum absolute atomic E-state index is 10.9. The van der Waals surface area contributed by atoms with Crippen LogP contribution in [0.4, 0.5) is 17.3 Å². The molecule has 20 heavy (non-hydrogen) atoms. The summed E-state index contributed by atoms with van der Waals surface area (Å²) in [6, 6.07) is 3.08. The lowest BCUT2D eigenvalue weighted by Gasteiger charge is -2.14. The SMILES string of the molecule is CCSC1CCC(Nc2cc([N+](=O)[O-])cc(NN)n2)C1. The van der Waals surface area contributed by atoms with Crippen molar-refractivity contribution in [2.45, 2.75) is 37.5 Å². The molecule has 2 atom stereocenters. The zero-order valence-corrected chi connectivity index (χ0v) is 12.2. The standard InChI is InChI=1S/C12H19N5O2S/c1-2-20-10-4-3-8(5-10)14-11-6-9(17(18)19)7-12(15-11)16-13/h6-8,10H,2-5,13H2,1H3,(H2,14,15,16). The van der Waals surface area contributed by atoms with Crippen LogP contribution in [0.2, 0.25) is 0 Å². The van der Waals surface area contributed by atoms with E-state index in [4.69, 9.17) is 5.84 Å². The Kier molecular flexibility index (Phi) is 5.02. The molecule has 1 heterocycles. The van der Waals surface area contributed by atoms with Crippen molar-refractivity contribution in [2.75, 3.05) is 16.5 Å². The average molecular weight is 297 g/mol. The number of nitrogens with one attached hydrogen (secondary N) is 2. The van der Waals surface area contributed by atoms with Gasteiger partial charge >= 0.3 is 0 Å². The fourth-order valence-corrected chi connectivity index (χ4v) is 3.58. The number of nitrogens with two attached hydrogens (primary N) is 1. The van der Waals surface area contributed by atoms with Crippen LogP contribution >= 0.6 is 11.8 Å². The van der Waals surface area contributed by atoms with Crippen LogP contribution < -0.4 is 16.6 Å². The van der Waals surface area contributed by atoms with E-state index in [0.717, 1.165) is 18.6 Å². The summed E-state index contributed by atoms with van der Waals surface area (Å²) in [5.74, 6) is 7.20. The summed E-state index contributed by atoms with van der Waals surface area (Å²) >= 11 is 1.97. The highest BCUT2D eigenvalue weighted by molar-refractivity contribution is 7.99. The number of hydrazine groups is 1. The predicted molar refractivity (Wildman–Crippen MR) is 81.9 cm³/mol. The van der Waals surface area contributed by atoms with E-state index in [2.05, 4.69) is 22.7 Å². The maximum atomic E-state index is 10.9. The molecule has 1 aromatic heterocycles. The molecule has 1 aliphatic carbocycles. The largest absolute Gasteiger partial charge is 0.367 e. The first-order valence-electron chi connectivity index (χ1n) is 6.63. The van der Waals surface area contributed by atoms with Gasteiger partial charge in [-0.15, -0.1) is 0 Å². The Morgan fingerprint density at radius 2 is 2.25 bits per heavy atom. The number of hydrogen-bond donors (Lipinski definition) is 3. The van der Waals surface area contributed by atoms with Gasteiger partial charge in [0.25, 0.3) is 5.69 Å². The number of rotatable bonds is 6. The van der Waals surface area contributed by atoms with E-state index in [1.54, 1.807) is 0 Å². The number of nitrogens with zero attached hydrogens (tertiary/aromatic N) is 2. The Bertz CT molecular complexity index is 485. The summed E-state index contributed by atoms with van der Waals surface area (Å²) in [7, 11) is 0. The third-order valence-corrected chi connectivity index (χ3v) is 4.54. The topological polar surface area (TPSA) is 106 Å². The molecular formula is C12H19N5O2S. The Labute approximate surface area is 121 Å². The Morgan fingerprint density at radius 1 is 1.50 bits per heavy atom. The minimum atomic E-state index is -0.446. The molecule has 0 radical (unpaired) electrons. The number of anilines is 2. The number of pyridine rings is 1. The third-order valence-electron chi connectivity index (χ3n) is 3.31. The van der Waals surface area contributed by atoms with Gasteiger partial charge in [-0.2, -0.15) is 11.8 Å². The van der Waals surface area contributed by atoms with Gasteiger partial charge in [-0.1, -0.05) is 6.92 Å². The van der Waals surface area contributed by atoms with Crippen molar-refractivity contribution in [1.82, 2.24) is 4.98 Å². The third kappa shape index (κ3) is 3.73. The van der Waals surface area contributed by atoms with Gasteiger partial charge in [0.1, 0.15) is 11.6 Å². The predicted octanol–water partition coefficient (Wildman–Crippen LogP) is 2.36. The van der Waals surface area contributed by atoms with Crippen LogP contribution in [0.15, 0.2) is 12.1 Å². The van der Waals surface area contributed by atoms with Gasteiger partial charge < -0.3 is 10.7 Å². The van der Waals surface area contributed by atoms with E-state index in [1.807, 2.05) is 11.8 Å². The molecule has 2 unspecified atom stereocenters. The van der Waals surface area contributed by atoms with E-state index in [-0.39, 0.29) is 5.69 Å². The van der Waals surface area contributed by atoms with Crippen LogP contribution in [0, 0.1) is 10.1 Å². The second-order valence-electron chi connectivity index (χ2n) is 4.73. The number of aromatic nitrogens is 1. The summed E-state index contributed by atoms with van der Waals surface area (Å²) in [4.78, 5) is 14.6. The lowest BCUT2D eigenvalue weighted by Crippen LogP contribution is -2.18. The zero-order chi connectivity index (χ0) is 14.5. The fraction of sp³-hybridized carbons (Fsp3) is 0.583. The van der Waals surface area contributed by atoms with Crippen LogP contribution in [0.3, 0.4) is 0 Å². The van der Waals surface area contributed by atoms with Gasteiger partial charge in [-0.05, 0) is 25.0 Å². The van der Waals surface area contributed by atoms with Crippen molar-refractivity contribution < 1.29 is 4.92 Å². The van der Waals surface area contributed by atoms with Gasteiger partial charge in [0, 0.05) is 11.3 Å². The minimum Gasteiger partial charge on any atom is -0.367 e. The summed E-state index contributed by atoms with van der Waals surface area (Å²) in [5.41, 5.74) is 2.34. The highest BCUT2D eigenvalue weighted by atomic mass is 32.2. The molecule has 0 aliphatic heterocycles. The summed E-state index contributed by atoms with van der Waals surface area (Å²) in [5, 5.41) is 14.8. The summed E-state index contributed by atoms with van der Waals surface area (Å²) in [6.45, 7) is 2.16. The first kappa shape index (κ1) is 14.9. The normalized spacial score (nSPS) is 21.7. The van der Waals surface area contributed by atoms with Crippen molar-refractivity contribution in [3.05, 3.63) is 22.2 Å². The number of nitrogen functional groups attached to an aromatic ring is 1. The molecule has 0 amide bonds. The number of hydrogen-bond acceptors (Lipinski definition) is 7. The van der Waals surface area contributed by atoms with Crippen molar-refractivity contribution in [3.8, 4) is 0 Å². The van der Waals surface area contributed by atoms with Gasteiger partial charge in [0.2, 0.25) is 0 Å². The van der Waals surface area contributed by atoms with E-state index in [1.165, 1.54) is 18.6 Å². The van der Waals surface area contributed by atoms with Crippen LogP contribution in [0.5, 0.6) is 0 Å². The lowest BCUT2D eigenvalue weighted by atomic mass is 10.2. The molecular weight excluding hydrogens is 278 g/mol. The van der Waals surface area contributed by atoms with Gasteiger partial charge in [0.15, 0.2) is 0 Å². The molecule has 0 saturated heterocycles. The smallest absolute Gasteiger partial charge is 0.276 e. The molecule has 4 N–H and O–H groups in total. The molecule has 110 valence electrons. The average Bonchev–Trinajstić information content (AvgIpc) is 2.86. The molecule has 1 aromatic rings. The van der Waals surface area contributed by atoms with Crippen molar-refractivity contribution >= 4 is 29.1 Å².